The summed E-state index contributed by atoms with van der Waals surface area (Å²) in [4.78, 5) is 0. The maximum absolute atomic E-state index is 5.83. The molecule has 1 atom stereocenters. The molecule has 0 saturated heterocycles. The Bertz CT molecular complexity index is 173. The van der Waals surface area contributed by atoms with E-state index in [4.69, 9.17) is 10.5 Å². The van der Waals surface area contributed by atoms with Crippen molar-refractivity contribution in [2.75, 3.05) is 0 Å². The molecule has 12 heavy (non-hydrogen) atoms. The van der Waals surface area contributed by atoms with E-state index in [2.05, 4.69) is 12.2 Å². The van der Waals surface area contributed by atoms with Crippen LogP contribution in [0.25, 0.3) is 0 Å². The van der Waals surface area contributed by atoms with Gasteiger partial charge in [0.25, 0.3) is 0 Å². The Kier molecular flexibility index (Phi) is 2.47. The van der Waals surface area contributed by atoms with Gasteiger partial charge in [0.1, 0.15) is 0 Å². The predicted molar refractivity (Wildman–Crippen MR) is 48.9 cm³/mol. The summed E-state index contributed by atoms with van der Waals surface area (Å²) in [5.41, 5.74) is 5.68. The summed E-state index contributed by atoms with van der Waals surface area (Å²) in [7, 11) is 0. The van der Waals surface area contributed by atoms with E-state index in [9.17, 15) is 0 Å². The molecular formula is C10H17NO. The van der Waals surface area contributed by atoms with Gasteiger partial charge in [0.15, 0.2) is 0 Å². The van der Waals surface area contributed by atoms with Crippen molar-refractivity contribution in [1.29, 1.82) is 0 Å². The summed E-state index contributed by atoms with van der Waals surface area (Å²) >= 11 is 0. The molecule has 2 N–H and O–H groups in total. The van der Waals surface area contributed by atoms with Crippen LogP contribution in [0.4, 0.5) is 0 Å². The Morgan fingerprint density at radius 1 is 1.33 bits per heavy atom. The van der Waals surface area contributed by atoms with Gasteiger partial charge in [-0.1, -0.05) is 12.2 Å². The molecule has 0 aromatic carbocycles. The maximum Gasteiger partial charge on any atom is 0.0759 e. The summed E-state index contributed by atoms with van der Waals surface area (Å²) in [5, 5.41) is 0. The van der Waals surface area contributed by atoms with Crippen molar-refractivity contribution in [1.82, 2.24) is 0 Å². The quantitative estimate of drug-likeness (QED) is 0.634. The highest BCUT2D eigenvalue weighted by Crippen LogP contribution is 2.25. The van der Waals surface area contributed by atoms with Gasteiger partial charge in [0, 0.05) is 6.04 Å². The second-order valence-electron chi connectivity index (χ2n) is 3.89. The van der Waals surface area contributed by atoms with Gasteiger partial charge >= 0.3 is 0 Å². The van der Waals surface area contributed by atoms with E-state index in [1.54, 1.807) is 0 Å². The topological polar surface area (TPSA) is 35.2 Å². The Morgan fingerprint density at radius 2 is 2.17 bits per heavy atom. The van der Waals surface area contributed by atoms with Crippen LogP contribution in [0.15, 0.2) is 12.2 Å². The molecule has 0 amide bonds. The van der Waals surface area contributed by atoms with Crippen LogP contribution in [-0.4, -0.2) is 18.2 Å². The summed E-state index contributed by atoms with van der Waals surface area (Å²) in [6.45, 7) is 0. The Hall–Kier alpha value is -0.340. The van der Waals surface area contributed by atoms with Crippen LogP contribution in [0.1, 0.15) is 32.1 Å². The average Bonchev–Trinajstić information content (AvgIpc) is 2.04. The Balaban J connectivity index is 1.72. The zero-order chi connectivity index (χ0) is 8.39. The Morgan fingerprint density at radius 3 is 2.75 bits per heavy atom. The molecule has 0 aromatic rings. The van der Waals surface area contributed by atoms with Crippen LogP contribution in [0.3, 0.4) is 0 Å². The lowest BCUT2D eigenvalue weighted by Gasteiger charge is -2.35. The summed E-state index contributed by atoms with van der Waals surface area (Å²) in [6, 6.07) is 0.405. The second kappa shape index (κ2) is 3.58. The van der Waals surface area contributed by atoms with E-state index >= 15 is 0 Å². The number of rotatable bonds is 2. The molecular weight excluding hydrogens is 150 g/mol. The molecule has 2 heteroatoms. The van der Waals surface area contributed by atoms with Crippen LogP contribution in [0.2, 0.25) is 0 Å². The lowest BCUT2D eigenvalue weighted by molar-refractivity contribution is -0.0438. The fourth-order valence-corrected chi connectivity index (χ4v) is 1.86. The van der Waals surface area contributed by atoms with E-state index in [-0.39, 0.29) is 0 Å². The fraction of sp³-hybridized carbons (Fsp3) is 0.800. The van der Waals surface area contributed by atoms with Crippen LogP contribution in [0.5, 0.6) is 0 Å². The van der Waals surface area contributed by atoms with Gasteiger partial charge in [-0.15, -0.1) is 0 Å². The molecule has 2 aliphatic rings. The van der Waals surface area contributed by atoms with Gasteiger partial charge in [-0.3, -0.25) is 0 Å². The number of nitrogens with two attached hydrogens (primary N) is 1. The molecule has 2 nitrogen and oxygen atoms in total. The minimum Gasteiger partial charge on any atom is -0.371 e. The number of hydrogen-bond acceptors (Lipinski definition) is 2. The second-order valence-corrected chi connectivity index (χ2v) is 3.89. The first-order valence-electron chi connectivity index (χ1n) is 4.92. The van der Waals surface area contributed by atoms with Crippen molar-refractivity contribution in [3.8, 4) is 0 Å². The molecule has 0 heterocycles. The number of ether oxygens (including phenoxy) is 1. The van der Waals surface area contributed by atoms with Crippen LogP contribution >= 0.6 is 0 Å². The SMILES string of the molecule is N[C@H]1C[C@@H](OC2C=CCCC2)C1. The van der Waals surface area contributed by atoms with Crippen LogP contribution in [-0.2, 0) is 4.74 Å². The molecule has 0 aromatic heterocycles. The van der Waals surface area contributed by atoms with Gasteiger partial charge in [0.2, 0.25) is 0 Å². The average molecular weight is 167 g/mol. The standard InChI is InChI=1S/C10H17NO/c11-8-6-10(7-8)12-9-4-2-1-3-5-9/h2,4,8-10H,1,3,5-7,11H2/t8-,9?,10+. The molecule has 0 aliphatic heterocycles. The van der Waals surface area contributed by atoms with Crippen molar-refractivity contribution in [2.24, 2.45) is 5.73 Å². The minimum atomic E-state index is 0.385. The third kappa shape index (κ3) is 1.87. The highest BCUT2D eigenvalue weighted by molar-refractivity contribution is 4.96. The van der Waals surface area contributed by atoms with Crippen LogP contribution in [0, 0.1) is 0 Å². The van der Waals surface area contributed by atoms with Crippen LogP contribution < -0.4 is 5.73 Å². The summed E-state index contributed by atoms with van der Waals surface area (Å²) in [6.07, 6.45) is 11.1. The fourth-order valence-electron chi connectivity index (χ4n) is 1.86. The zero-order valence-electron chi connectivity index (χ0n) is 7.41. The van der Waals surface area contributed by atoms with Gasteiger partial charge < -0.3 is 10.5 Å². The monoisotopic (exact) mass is 167 g/mol. The molecule has 1 unspecified atom stereocenters. The molecule has 68 valence electrons. The first kappa shape index (κ1) is 8.27. The highest BCUT2D eigenvalue weighted by Gasteiger charge is 2.28. The molecule has 0 spiro atoms. The minimum absolute atomic E-state index is 0.385. The molecule has 2 rings (SSSR count). The van der Waals surface area contributed by atoms with E-state index in [1.165, 1.54) is 19.3 Å². The van der Waals surface area contributed by atoms with Crippen molar-refractivity contribution < 1.29 is 4.74 Å². The van der Waals surface area contributed by atoms with Crippen molar-refractivity contribution in [2.45, 2.75) is 50.4 Å². The maximum atomic E-state index is 5.83. The first-order valence-corrected chi connectivity index (χ1v) is 4.92. The van der Waals surface area contributed by atoms with Gasteiger partial charge in [-0.05, 0) is 32.1 Å². The third-order valence-electron chi connectivity index (χ3n) is 2.71. The summed E-state index contributed by atoms with van der Waals surface area (Å²) in [5.74, 6) is 0. The number of hydrogen-bond donors (Lipinski definition) is 1. The zero-order valence-corrected chi connectivity index (χ0v) is 7.41. The van der Waals surface area contributed by atoms with E-state index in [1.807, 2.05) is 0 Å². The molecule has 0 radical (unpaired) electrons. The normalized spacial score (nSPS) is 40.9. The van der Waals surface area contributed by atoms with Gasteiger partial charge in [-0.2, -0.15) is 0 Å². The van der Waals surface area contributed by atoms with E-state index < -0.39 is 0 Å². The van der Waals surface area contributed by atoms with Crippen molar-refractivity contribution in [3.05, 3.63) is 12.2 Å². The molecule has 2 aliphatic carbocycles. The lowest BCUT2D eigenvalue weighted by atomic mass is 9.90. The van der Waals surface area contributed by atoms with Crippen molar-refractivity contribution >= 4 is 0 Å². The molecule has 1 saturated carbocycles. The third-order valence-corrected chi connectivity index (χ3v) is 2.71. The summed E-state index contributed by atoms with van der Waals surface area (Å²) < 4.78 is 5.83. The highest BCUT2D eigenvalue weighted by atomic mass is 16.5. The Labute approximate surface area is 73.8 Å². The van der Waals surface area contributed by atoms with Gasteiger partial charge in [-0.25, -0.2) is 0 Å². The molecule has 0 bridgehead atoms. The van der Waals surface area contributed by atoms with E-state index in [0.29, 0.717) is 18.2 Å². The molecule has 1 fully saturated rings. The van der Waals surface area contributed by atoms with Gasteiger partial charge in [0.05, 0.1) is 12.2 Å². The lowest BCUT2D eigenvalue weighted by Crippen LogP contribution is -2.43. The predicted octanol–water partition coefficient (Wildman–Crippen LogP) is 1.60. The first-order chi connectivity index (χ1) is 5.84. The number of allylic oxidation sites excluding steroid dienone is 1. The van der Waals surface area contributed by atoms with Crippen molar-refractivity contribution in [3.63, 3.8) is 0 Å². The van der Waals surface area contributed by atoms with E-state index in [0.717, 1.165) is 12.8 Å². The smallest absolute Gasteiger partial charge is 0.0759 e. The largest absolute Gasteiger partial charge is 0.371 e.